The first-order chi connectivity index (χ1) is 32.1. The zero-order chi connectivity index (χ0) is 47.2. The van der Waals surface area contributed by atoms with Crippen LogP contribution < -0.4 is 5.32 Å². The number of allylic oxidation sites excluding steroid dienone is 4. The summed E-state index contributed by atoms with van der Waals surface area (Å²) >= 11 is 0. The molecule has 0 aromatic heterocycles. The Hall–Kier alpha value is -1.17. The van der Waals surface area contributed by atoms with E-state index in [0.29, 0.717) is 12.8 Å². The second kappa shape index (κ2) is 55.4. The SMILES string of the molecule is CCCCCCCCCCCCCC/C=C\CCCCCCCCCCCCCCCCCCC(=O)NC(CO)C(O)C(O)CCC/C=C/CCCCCCCCCCCCCCCC. The molecule has 0 aromatic rings. The number of hydrogen-bond donors (Lipinski definition) is 4. The maximum Gasteiger partial charge on any atom is 0.220 e. The standard InChI is InChI=1S/C60H117NO4/c1-3-5-7-9-11-13-15-17-19-21-23-24-25-26-27-28-29-30-31-32-33-34-35-37-39-41-43-45-47-49-51-53-55-59(64)61-57(56-62)60(65)58(63)54-52-50-48-46-44-42-40-38-36-22-20-18-16-14-12-10-8-6-4-2/h26-27,46,48,57-58,60,62-63,65H,3-25,28-45,47,49-56H2,1-2H3,(H,61,64)/b27-26-,48-46+. The molecule has 0 fully saturated rings. The zero-order valence-electron chi connectivity index (χ0n) is 44.1. The van der Waals surface area contributed by atoms with Gasteiger partial charge in [0.25, 0.3) is 0 Å². The van der Waals surface area contributed by atoms with E-state index < -0.39 is 18.2 Å². The number of rotatable bonds is 55. The van der Waals surface area contributed by atoms with Crippen LogP contribution in [0, 0.1) is 0 Å². The summed E-state index contributed by atoms with van der Waals surface area (Å²) < 4.78 is 0. The van der Waals surface area contributed by atoms with Gasteiger partial charge in [-0.1, -0.05) is 282 Å². The fraction of sp³-hybridized carbons (Fsp3) is 0.917. The van der Waals surface area contributed by atoms with Gasteiger partial charge in [0.15, 0.2) is 0 Å². The molecule has 1 amide bonds. The predicted octanol–water partition coefficient (Wildman–Crippen LogP) is 18.5. The fourth-order valence-corrected chi connectivity index (χ4v) is 9.46. The number of aliphatic hydroxyl groups is 3. The lowest BCUT2D eigenvalue weighted by atomic mass is 10.0. The third kappa shape index (κ3) is 50.5. The van der Waals surface area contributed by atoms with Crippen LogP contribution in [0.15, 0.2) is 24.3 Å². The molecule has 5 heteroatoms. The summed E-state index contributed by atoms with van der Waals surface area (Å²) in [6.45, 7) is 4.21. The van der Waals surface area contributed by atoms with Gasteiger partial charge in [-0.2, -0.15) is 0 Å². The van der Waals surface area contributed by atoms with Crippen LogP contribution in [0.5, 0.6) is 0 Å². The van der Waals surface area contributed by atoms with Crippen LogP contribution in [0.3, 0.4) is 0 Å². The minimum Gasteiger partial charge on any atom is -0.394 e. The van der Waals surface area contributed by atoms with Gasteiger partial charge in [0.05, 0.1) is 18.8 Å². The normalized spacial score (nSPS) is 13.4. The highest BCUT2D eigenvalue weighted by Crippen LogP contribution is 2.18. The molecule has 0 spiro atoms. The molecule has 4 N–H and O–H groups in total. The maximum absolute atomic E-state index is 12.5. The molecule has 5 nitrogen and oxygen atoms in total. The van der Waals surface area contributed by atoms with E-state index in [4.69, 9.17) is 0 Å². The second-order valence-electron chi connectivity index (χ2n) is 20.5. The van der Waals surface area contributed by atoms with E-state index in [2.05, 4.69) is 43.5 Å². The summed E-state index contributed by atoms with van der Waals surface area (Å²) in [5.74, 6) is -0.148. The Kier molecular flexibility index (Phi) is 54.4. The molecule has 0 bridgehead atoms. The van der Waals surface area contributed by atoms with Gasteiger partial charge in [0.2, 0.25) is 5.91 Å². The van der Waals surface area contributed by atoms with Gasteiger partial charge in [-0.05, 0) is 64.2 Å². The van der Waals surface area contributed by atoms with Crippen LogP contribution in [0.1, 0.15) is 328 Å². The predicted molar refractivity (Wildman–Crippen MR) is 287 cm³/mol. The molecule has 0 saturated carbocycles. The molecule has 0 aliphatic carbocycles. The summed E-state index contributed by atoms with van der Waals surface area (Å²) in [4.78, 5) is 12.5. The molecular formula is C60H117NO4. The minimum atomic E-state index is -1.16. The number of hydrogen-bond acceptors (Lipinski definition) is 4. The van der Waals surface area contributed by atoms with Crippen LogP contribution >= 0.6 is 0 Å². The van der Waals surface area contributed by atoms with Crippen LogP contribution in [-0.2, 0) is 4.79 Å². The average Bonchev–Trinajstić information content (AvgIpc) is 3.31. The Bertz CT molecular complexity index is 967. The fourth-order valence-electron chi connectivity index (χ4n) is 9.46. The Balaban J connectivity index is 3.51. The first kappa shape index (κ1) is 63.8. The third-order valence-corrected chi connectivity index (χ3v) is 14.0. The third-order valence-electron chi connectivity index (χ3n) is 14.0. The smallest absolute Gasteiger partial charge is 0.220 e. The van der Waals surface area contributed by atoms with Crippen molar-refractivity contribution in [3.05, 3.63) is 24.3 Å². The molecule has 0 radical (unpaired) electrons. The molecule has 3 unspecified atom stereocenters. The van der Waals surface area contributed by atoms with E-state index in [9.17, 15) is 20.1 Å². The Morgan fingerprint density at radius 2 is 0.615 bits per heavy atom. The Morgan fingerprint density at radius 1 is 0.369 bits per heavy atom. The maximum atomic E-state index is 12.5. The lowest BCUT2D eigenvalue weighted by molar-refractivity contribution is -0.124. The number of unbranched alkanes of at least 4 members (excludes halogenated alkanes) is 43. The summed E-state index contributed by atoms with van der Waals surface area (Å²) in [7, 11) is 0. The van der Waals surface area contributed by atoms with E-state index in [1.54, 1.807) is 0 Å². The first-order valence-corrected chi connectivity index (χ1v) is 29.6. The number of carbonyl (C=O) groups excluding carboxylic acids is 1. The van der Waals surface area contributed by atoms with Gasteiger partial charge < -0.3 is 20.6 Å². The highest BCUT2D eigenvalue weighted by Gasteiger charge is 2.26. The van der Waals surface area contributed by atoms with Crippen molar-refractivity contribution in [2.45, 2.75) is 347 Å². The van der Waals surface area contributed by atoms with Crippen molar-refractivity contribution in [2.75, 3.05) is 6.61 Å². The van der Waals surface area contributed by atoms with Crippen LogP contribution in [0.4, 0.5) is 0 Å². The molecule has 386 valence electrons. The van der Waals surface area contributed by atoms with Crippen molar-refractivity contribution in [3.63, 3.8) is 0 Å². The Labute approximate surface area is 407 Å². The number of carbonyl (C=O) groups is 1. The molecular weight excluding hydrogens is 799 g/mol. The first-order valence-electron chi connectivity index (χ1n) is 29.6. The number of amides is 1. The monoisotopic (exact) mass is 916 g/mol. The van der Waals surface area contributed by atoms with Gasteiger partial charge in [-0.3, -0.25) is 4.79 Å². The summed E-state index contributed by atoms with van der Waals surface area (Å²) in [5.41, 5.74) is 0. The average molecular weight is 917 g/mol. The Morgan fingerprint density at radius 3 is 0.892 bits per heavy atom. The van der Waals surface area contributed by atoms with E-state index in [0.717, 1.165) is 38.5 Å². The minimum absolute atomic E-state index is 0.148. The quantitative estimate of drug-likeness (QED) is 0.0361. The van der Waals surface area contributed by atoms with Gasteiger partial charge in [0, 0.05) is 6.42 Å². The molecule has 3 atom stereocenters. The molecule has 65 heavy (non-hydrogen) atoms. The summed E-state index contributed by atoms with van der Waals surface area (Å²) in [6.07, 6.45) is 70.7. The van der Waals surface area contributed by atoms with Crippen LogP contribution in [0.25, 0.3) is 0 Å². The van der Waals surface area contributed by atoms with Crippen molar-refractivity contribution in [1.29, 1.82) is 0 Å². The number of aliphatic hydroxyl groups excluding tert-OH is 3. The molecule has 0 saturated heterocycles. The lowest BCUT2D eigenvalue weighted by Crippen LogP contribution is -2.50. The largest absolute Gasteiger partial charge is 0.394 e. The van der Waals surface area contributed by atoms with Crippen molar-refractivity contribution < 1.29 is 20.1 Å². The van der Waals surface area contributed by atoms with Crippen molar-refractivity contribution in [1.82, 2.24) is 5.32 Å². The summed E-state index contributed by atoms with van der Waals surface area (Å²) in [6, 6.07) is -0.824. The molecule has 0 rings (SSSR count). The molecule has 0 heterocycles. The van der Waals surface area contributed by atoms with Crippen molar-refractivity contribution in [3.8, 4) is 0 Å². The van der Waals surface area contributed by atoms with E-state index in [1.807, 2.05) is 0 Å². The number of nitrogens with one attached hydrogen (secondary N) is 1. The molecule has 0 aliphatic rings. The van der Waals surface area contributed by atoms with Crippen LogP contribution in [-0.4, -0.2) is 46.1 Å². The second-order valence-corrected chi connectivity index (χ2v) is 20.5. The molecule has 0 aliphatic heterocycles. The highest BCUT2D eigenvalue weighted by molar-refractivity contribution is 5.76. The van der Waals surface area contributed by atoms with E-state index in [1.165, 1.54) is 263 Å². The van der Waals surface area contributed by atoms with Gasteiger partial charge in [0.1, 0.15) is 6.10 Å². The van der Waals surface area contributed by atoms with Crippen LogP contribution in [0.2, 0.25) is 0 Å². The van der Waals surface area contributed by atoms with Crippen molar-refractivity contribution in [2.24, 2.45) is 0 Å². The summed E-state index contributed by atoms with van der Waals surface area (Å²) in [5, 5.41) is 33.7. The zero-order valence-corrected chi connectivity index (χ0v) is 44.1. The van der Waals surface area contributed by atoms with Gasteiger partial charge in [-0.25, -0.2) is 0 Å². The topological polar surface area (TPSA) is 89.8 Å². The van der Waals surface area contributed by atoms with Crippen molar-refractivity contribution >= 4 is 5.91 Å². The lowest BCUT2D eigenvalue weighted by Gasteiger charge is -2.26. The molecule has 0 aromatic carbocycles. The van der Waals surface area contributed by atoms with E-state index >= 15 is 0 Å². The highest BCUT2D eigenvalue weighted by atomic mass is 16.3. The van der Waals surface area contributed by atoms with Gasteiger partial charge in [-0.15, -0.1) is 0 Å². The van der Waals surface area contributed by atoms with Gasteiger partial charge >= 0.3 is 0 Å². The van der Waals surface area contributed by atoms with E-state index in [-0.39, 0.29) is 12.5 Å².